The average Bonchev–Trinajstić information content (AvgIpc) is 3.24. The number of thiazole rings is 1. The molecule has 0 unspecified atom stereocenters. The zero-order valence-electron chi connectivity index (χ0n) is 14.2. The highest BCUT2D eigenvalue weighted by Gasteiger charge is 2.10. The molecule has 130 valence electrons. The van der Waals surface area contributed by atoms with E-state index in [1.165, 1.54) is 11.8 Å². The van der Waals surface area contributed by atoms with Crippen molar-refractivity contribution < 1.29 is 9.53 Å². The summed E-state index contributed by atoms with van der Waals surface area (Å²) in [7, 11) is 0. The summed E-state index contributed by atoms with van der Waals surface area (Å²) in [6.07, 6.45) is 0.845. The van der Waals surface area contributed by atoms with Crippen LogP contribution >= 0.6 is 22.7 Å². The highest BCUT2D eigenvalue weighted by atomic mass is 32.1. The fraction of sp³-hybridized carbons (Fsp3) is 0.263. The first kappa shape index (κ1) is 17.6. The Morgan fingerprint density at radius 3 is 2.96 bits per heavy atom. The van der Waals surface area contributed by atoms with Crippen LogP contribution in [0.4, 0.5) is 0 Å². The summed E-state index contributed by atoms with van der Waals surface area (Å²) >= 11 is 3.36. The lowest BCUT2D eigenvalue weighted by molar-refractivity contribution is -0.118. The molecule has 0 atom stereocenters. The molecule has 25 heavy (non-hydrogen) atoms. The van der Waals surface area contributed by atoms with Gasteiger partial charge in [0.15, 0.2) is 0 Å². The second-order valence-corrected chi connectivity index (χ2v) is 7.52. The maximum Gasteiger partial charge on any atom is 0.216 e. The molecule has 0 saturated carbocycles. The minimum atomic E-state index is 0.00945. The van der Waals surface area contributed by atoms with Crippen LogP contribution in [0.15, 0.2) is 41.8 Å². The van der Waals surface area contributed by atoms with Crippen molar-refractivity contribution in [2.75, 3.05) is 13.2 Å². The third-order valence-corrected chi connectivity index (χ3v) is 5.61. The fourth-order valence-electron chi connectivity index (χ4n) is 2.42. The van der Waals surface area contributed by atoms with Crippen LogP contribution in [0.1, 0.15) is 18.7 Å². The third kappa shape index (κ3) is 4.67. The monoisotopic (exact) mass is 372 g/mol. The normalized spacial score (nSPS) is 10.6. The number of hydrogen-bond acceptors (Lipinski definition) is 5. The highest BCUT2D eigenvalue weighted by molar-refractivity contribution is 7.16. The Balaban J connectivity index is 1.72. The van der Waals surface area contributed by atoms with Gasteiger partial charge in [-0.3, -0.25) is 4.79 Å². The van der Waals surface area contributed by atoms with E-state index >= 15 is 0 Å². The number of rotatable bonds is 7. The number of aromatic nitrogens is 1. The van der Waals surface area contributed by atoms with Crippen LogP contribution in [-0.4, -0.2) is 24.0 Å². The van der Waals surface area contributed by atoms with E-state index in [9.17, 15) is 4.79 Å². The topological polar surface area (TPSA) is 51.2 Å². The molecule has 6 heteroatoms. The van der Waals surface area contributed by atoms with Crippen LogP contribution in [0, 0.1) is 0 Å². The van der Waals surface area contributed by atoms with Crippen molar-refractivity contribution >= 4 is 28.6 Å². The molecule has 0 aliphatic rings. The Morgan fingerprint density at radius 2 is 2.16 bits per heavy atom. The number of hydrogen-bond donors (Lipinski definition) is 1. The van der Waals surface area contributed by atoms with E-state index in [1.807, 2.05) is 25.1 Å². The zero-order chi connectivity index (χ0) is 17.6. The summed E-state index contributed by atoms with van der Waals surface area (Å²) in [4.78, 5) is 18.1. The van der Waals surface area contributed by atoms with Crippen LogP contribution in [0.3, 0.4) is 0 Å². The molecule has 0 aliphatic carbocycles. The molecule has 2 aromatic heterocycles. The third-order valence-electron chi connectivity index (χ3n) is 3.56. The van der Waals surface area contributed by atoms with E-state index in [0.29, 0.717) is 13.2 Å². The van der Waals surface area contributed by atoms with Crippen LogP contribution in [-0.2, 0) is 11.2 Å². The number of benzene rings is 1. The van der Waals surface area contributed by atoms with Gasteiger partial charge in [0.2, 0.25) is 5.91 Å². The largest absolute Gasteiger partial charge is 0.494 e. The van der Waals surface area contributed by atoms with Crippen molar-refractivity contribution in [2.24, 2.45) is 0 Å². The van der Waals surface area contributed by atoms with Gasteiger partial charge in [-0.2, -0.15) is 0 Å². The Hall–Kier alpha value is -2.18. The molecule has 2 heterocycles. The van der Waals surface area contributed by atoms with Crippen molar-refractivity contribution in [3.05, 3.63) is 46.7 Å². The summed E-state index contributed by atoms with van der Waals surface area (Å²) < 4.78 is 5.57. The first-order valence-electron chi connectivity index (χ1n) is 8.18. The second kappa shape index (κ2) is 8.27. The van der Waals surface area contributed by atoms with Gasteiger partial charge in [-0.1, -0.05) is 12.1 Å². The molecule has 0 radical (unpaired) electrons. The molecule has 1 aromatic carbocycles. The molecule has 3 aromatic rings. The molecule has 1 N–H and O–H groups in total. The molecule has 0 fully saturated rings. The number of thiophene rings is 1. The summed E-state index contributed by atoms with van der Waals surface area (Å²) in [5.74, 6) is 0.878. The van der Waals surface area contributed by atoms with Crippen molar-refractivity contribution in [3.8, 4) is 26.9 Å². The molecule has 0 spiro atoms. The first-order valence-corrected chi connectivity index (χ1v) is 9.87. The molecule has 3 rings (SSSR count). The van der Waals surface area contributed by atoms with E-state index in [4.69, 9.17) is 9.72 Å². The van der Waals surface area contributed by atoms with E-state index < -0.39 is 0 Å². The van der Waals surface area contributed by atoms with E-state index in [2.05, 4.69) is 28.9 Å². The molecule has 0 bridgehead atoms. The minimum absolute atomic E-state index is 0.00945. The van der Waals surface area contributed by atoms with Crippen LogP contribution in [0.25, 0.3) is 21.1 Å². The van der Waals surface area contributed by atoms with E-state index in [0.717, 1.165) is 33.3 Å². The van der Waals surface area contributed by atoms with Gasteiger partial charge in [-0.25, -0.2) is 4.98 Å². The van der Waals surface area contributed by atoms with Crippen LogP contribution < -0.4 is 10.1 Å². The van der Waals surface area contributed by atoms with Crippen LogP contribution in [0.5, 0.6) is 5.75 Å². The van der Waals surface area contributed by atoms with Gasteiger partial charge in [0, 0.05) is 29.3 Å². The summed E-state index contributed by atoms with van der Waals surface area (Å²) in [6, 6.07) is 12.2. The summed E-state index contributed by atoms with van der Waals surface area (Å²) in [5.41, 5.74) is 2.07. The minimum Gasteiger partial charge on any atom is -0.494 e. The number of carbonyl (C=O) groups is 1. The molecule has 0 aliphatic heterocycles. The van der Waals surface area contributed by atoms with Crippen molar-refractivity contribution in [1.29, 1.82) is 0 Å². The Kier molecular flexibility index (Phi) is 5.83. The molecule has 1 amide bonds. The Morgan fingerprint density at radius 1 is 1.28 bits per heavy atom. The maximum atomic E-state index is 10.9. The maximum absolute atomic E-state index is 10.9. The lowest BCUT2D eigenvalue weighted by Crippen LogP contribution is -2.21. The number of carbonyl (C=O) groups excluding carboxylic acids is 1. The first-order chi connectivity index (χ1) is 12.2. The Bertz CT molecular complexity index is 854. The lowest BCUT2D eigenvalue weighted by atomic mass is 10.2. The van der Waals surface area contributed by atoms with Crippen molar-refractivity contribution in [2.45, 2.75) is 20.3 Å². The van der Waals surface area contributed by atoms with Gasteiger partial charge in [0.05, 0.1) is 17.2 Å². The predicted molar refractivity (Wildman–Crippen MR) is 104 cm³/mol. The molecular weight excluding hydrogens is 352 g/mol. The standard InChI is InChI=1S/C19H20N2O2S2/c1-3-23-15-6-4-5-14(11-15)19-21-17(12-24-19)18-8-7-16(25-18)9-10-20-13(2)22/h4-8,11-12H,3,9-10H2,1-2H3,(H,20,22). The van der Waals surface area contributed by atoms with E-state index in [1.54, 1.807) is 22.7 Å². The number of nitrogens with zero attached hydrogens (tertiary/aromatic N) is 1. The quantitative estimate of drug-likeness (QED) is 0.658. The number of ether oxygens (including phenoxy) is 1. The highest BCUT2D eigenvalue weighted by Crippen LogP contribution is 2.33. The number of amides is 1. The van der Waals surface area contributed by atoms with Gasteiger partial charge in [-0.05, 0) is 37.6 Å². The van der Waals surface area contributed by atoms with Gasteiger partial charge in [0.1, 0.15) is 10.8 Å². The molecular formula is C19H20N2O2S2. The van der Waals surface area contributed by atoms with Crippen LogP contribution in [0.2, 0.25) is 0 Å². The van der Waals surface area contributed by atoms with Crippen molar-refractivity contribution in [3.63, 3.8) is 0 Å². The van der Waals surface area contributed by atoms with Gasteiger partial charge in [0.25, 0.3) is 0 Å². The van der Waals surface area contributed by atoms with Crippen molar-refractivity contribution in [1.82, 2.24) is 10.3 Å². The predicted octanol–water partition coefficient (Wildman–Crippen LogP) is 4.62. The zero-order valence-corrected chi connectivity index (χ0v) is 15.9. The average molecular weight is 373 g/mol. The second-order valence-electron chi connectivity index (χ2n) is 5.50. The summed E-state index contributed by atoms with van der Waals surface area (Å²) in [5, 5.41) is 5.91. The van der Waals surface area contributed by atoms with E-state index in [-0.39, 0.29) is 5.91 Å². The SMILES string of the molecule is CCOc1cccc(-c2nc(-c3ccc(CCNC(C)=O)s3)cs2)c1. The smallest absolute Gasteiger partial charge is 0.216 e. The van der Waals surface area contributed by atoms with Gasteiger partial charge < -0.3 is 10.1 Å². The number of nitrogens with one attached hydrogen (secondary N) is 1. The molecule has 4 nitrogen and oxygen atoms in total. The summed E-state index contributed by atoms with van der Waals surface area (Å²) in [6.45, 7) is 4.84. The fourth-order valence-corrected chi connectivity index (χ4v) is 4.28. The van der Waals surface area contributed by atoms with Gasteiger partial charge >= 0.3 is 0 Å². The lowest BCUT2D eigenvalue weighted by Gasteiger charge is -2.03. The molecule has 0 saturated heterocycles. The Labute approximate surface area is 155 Å². The van der Waals surface area contributed by atoms with Gasteiger partial charge in [-0.15, -0.1) is 22.7 Å².